The molecule has 35 heavy (non-hydrogen) atoms. The van der Waals surface area contributed by atoms with Gasteiger partial charge in [0.25, 0.3) is 0 Å². The van der Waals surface area contributed by atoms with Gasteiger partial charge in [-0.1, -0.05) is 0 Å². The first kappa shape index (κ1) is 23.4. The molecule has 0 aliphatic heterocycles. The summed E-state index contributed by atoms with van der Waals surface area (Å²) in [5, 5.41) is 51.2. The monoisotopic (exact) mass is 478 g/mol. The fourth-order valence-corrected chi connectivity index (χ4v) is 4.18. The van der Waals surface area contributed by atoms with Crippen molar-refractivity contribution >= 4 is 17.6 Å². The lowest BCUT2D eigenvalue weighted by Gasteiger charge is -2.22. The molecule has 0 saturated carbocycles. The van der Waals surface area contributed by atoms with Crippen LogP contribution in [0.4, 0.5) is 0 Å². The molecule has 0 fully saturated rings. The van der Waals surface area contributed by atoms with Gasteiger partial charge in [-0.05, 0) is 44.9 Å². The topological polar surface area (TPSA) is 186 Å². The highest BCUT2D eigenvalue weighted by Crippen LogP contribution is 2.45. The van der Waals surface area contributed by atoms with Crippen LogP contribution in [-0.2, 0) is 0 Å². The van der Waals surface area contributed by atoms with E-state index in [9.17, 15) is 49.5 Å². The van der Waals surface area contributed by atoms with Gasteiger partial charge in [-0.3, -0.25) is 24.0 Å². The van der Waals surface area contributed by atoms with E-state index in [1.54, 1.807) is 0 Å². The number of phenolic OH excluding ortho intramolecular Hbond substituents is 2. The Labute approximate surface area is 195 Å². The Morgan fingerprint density at radius 2 is 1.00 bits per heavy atom. The molecule has 0 heterocycles. The summed E-state index contributed by atoms with van der Waals surface area (Å²) in [7, 11) is 0. The number of Topliss-reactive ketones (excluding diaryl/α,β-unsaturated/α-hetero) is 1. The molecule has 178 valence electrons. The minimum absolute atomic E-state index is 0.0521. The molecule has 5 N–H and O–H groups in total. The Balaban J connectivity index is 2.18. The zero-order chi connectivity index (χ0) is 26.3. The van der Waals surface area contributed by atoms with Crippen LogP contribution in [0.2, 0.25) is 0 Å². The number of phenols is 2. The lowest BCUT2D eigenvalue weighted by Crippen LogP contribution is -2.35. The largest absolute Gasteiger partial charge is 0.507 e. The van der Waals surface area contributed by atoms with Crippen LogP contribution < -0.4 is 21.7 Å². The summed E-state index contributed by atoms with van der Waals surface area (Å²) < 4.78 is 0. The molecule has 3 aliphatic rings. The molecule has 10 nitrogen and oxygen atoms in total. The molecule has 0 radical (unpaired) electrons. The molecular weight excluding hydrogens is 460 g/mol. The molecular formula is C25H18O10. The minimum Gasteiger partial charge on any atom is -0.507 e. The van der Waals surface area contributed by atoms with Crippen LogP contribution in [0, 0.1) is 38.1 Å². The predicted molar refractivity (Wildman–Crippen MR) is 124 cm³/mol. The standard InChI is InChI=1S/C25H18O10/c1-6-8(3)18(28)14-12(16(6)26)20(30)10(22(32)24(14)34)5-11-21(31)13-15(25(35)23(11)33)19(29)9(4)7(2)17(13)27/h5,26,28,31-32,34H,1-4H3/b10-5+. The highest BCUT2D eigenvalue weighted by Gasteiger charge is 2.37. The fourth-order valence-electron chi connectivity index (χ4n) is 4.18. The summed E-state index contributed by atoms with van der Waals surface area (Å²) in [6.07, 6.45) is 0.583. The van der Waals surface area contributed by atoms with E-state index < -0.39 is 89.0 Å². The number of aliphatic hydroxyl groups excluding tert-OH is 2. The van der Waals surface area contributed by atoms with Crippen molar-refractivity contribution < 1.29 is 30.3 Å². The molecule has 0 saturated heterocycles. The van der Waals surface area contributed by atoms with Gasteiger partial charge in [0.15, 0.2) is 22.4 Å². The average molecular weight is 478 g/mol. The molecule has 0 unspecified atom stereocenters. The molecule has 1 aromatic carbocycles. The van der Waals surface area contributed by atoms with Crippen molar-refractivity contribution in [1.82, 2.24) is 0 Å². The molecule has 4 rings (SSSR count). The first-order chi connectivity index (χ1) is 16.2. The minimum atomic E-state index is -1.43. The van der Waals surface area contributed by atoms with Crippen molar-refractivity contribution in [3.8, 4) is 17.2 Å². The van der Waals surface area contributed by atoms with Gasteiger partial charge in [0, 0.05) is 11.1 Å². The van der Waals surface area contributed by atoms with E-state index >= 15 is 0 Å². The summed E-state index contributed by atoms with van der Waals surface area (Å²) in [6, 6.07) is 0. The second kappa shape index (κ2) is 7.39. The second-order valence-electron chi connectivity index (χ2n) is 8.36. The number of rotatable bonds is 1. The van der Waals surface area contributed by atoms with Crippen molar-refractivity contribution in [3.63, 3.8) is 0 Å². The van der Waals surface area contributed by atoms with Gasteiger partial charge in [0.05, 0.1) is 32.7 Å². The van der Waals surface area contributed by atoms with Crippen LogP contribution in [0.3, 0.4) is 0 Å². The Bertz CT molecular complexity index is 1870. The zero-order valence-electron chi connectivity index (χ0n) is 18.9. The van der Waals surface area contributed by atoms with Crippen LogP contribution in [0.1, 0.15) is 43.7 Å². The predicted octanol–water partition coefficient (Wildman–Crippen LogP) is 1.14. The van der Waals surface area contributed by atoms with Crippen LogP contribution in [0.15, 0.2) is 30.5 Å². The van der Waals surface area contributed by atoms with Crippen molar-refractivity contribution in [2.45, 2.75) is 27.7 Å². The molecule has 10 heteroatoms. The van der Waals surface area contributed by atoms with Crippen LogP contribution in [-0.4, -0.2) is 31.3 Å². The third-order valence-electron chi connectivity index (χ3n) is 6.59. The smallest absolute Gasteiger partial charge is 0.238 e. The molecule has 3 aliphatic carbocycles. The Hall–Kier alpha value is -4.73. The van der Waals surface area contributed by atoms with Crippen LogP contribution in [0.25, 0.3) is 11.8 Å². The third-order valence-corrected chi connectivity index (χ3v) is 6.59. The number of benzene rings is 1. The summed E-state index contributed by atoms with van der Waals surface area (Å²) >= 11 is 0. The molecule has 0 atom stereocenters. The normalized spacial score (nSPS) is 14.7. The van der Waals surface area contributed by atoms with E-state index in [0.29, 0.717) is 6.08 Å². The van der Waals surface area contributed by atoms with Gasteiger partial charge in [-0.2, -0.15) is 0 Å². The van der Waals surface area contributed by atoms with E-state index in [1.807, 2.05) is 0 Å². The van der Waals surface area contributed by atoms with Crippen molar-refractivity contribution in [2.24, 2.45) is 0 Å². The summed E-state index contributed by atoms with van der Waals surface area (Å²) in [4.78, 5) is 64.0. The summed E-state index contributed by atoms with van der Waals surface area (Å²) in [5.41, 5.74) is -7.27. The van der Waals surface area contributed by atoms with E-state index in [-0.39, 0.29) is 22.3 Å². The van der Waals surface area contributed by atoms with Gasteiger partial charge in [-0.25, -0.2) is 0 Å². The van der Waals surface area contributed by atoms with Crippen molar-refractivity contribution in [1.29, 1.82) is 0 Å². The highest BCUT2D eigenvalue weighted by molar-refractivity contribution is 6.21. The van der Waals surface area contributed by atoms with Gasteiger partial charge < -0.3 is 25.5 Å². The van der Waals surface area contributed by atoms with Gasteiger partial charge >= 0.3 is 0 Å². The van der Waals surface area contributed by atoms with Crippen LogP contribution >= 0.6 is 0 Å². The molecule has 0 aromatic heterocycles. The van der Waals surface area contributed by atoms with Crippen LogP contribution in [0.5, 0.6) is 17.2 Å². The number of aromatic hydroxyl groups is 3. The summed E-state index contributed by atoms with van der Waals surface area (Å²) in [6.45, 7) is 5.40. The second-order valence-corrected chi connectivity index (χ2v) is 8.36. The number of hydrogen-bond acceptors (Lipinski definition) is 10. The number of carbonyl (C=O) groups excluding carboxylic acids is 1. The molecule has 0 bridgehead atoms. The first-order valence-electron chi connectivity index (χ1n) is 10.2. The van der Waals surface area contributed by atoms with E-state index in [1.165, 1.54) is 27.7 Å². The lowest BCUT2D eigenvalue weighted by molar-refractivity contribution is 0.102. The van der Waals surface area contributed by atoms with Crippen molar-refractivity contribution in [2.75, 3.05) is 0 Å². The average Bonchev–Trinajstić information content (AvgIpc) is 2.82. The maximum atomic E-state index is 13.2. The first-order valence-corrected chi connectivity index (χ1v) is 10.2. The summed E-state index contributed by atoms with van der Waals surface area (Å²) in [5.74, 6) is -5.50. The maximum Gasteiger partial charge on any atom is 0.238 e. The molecule has 0 spiro atoms. The number of carbonyl (C=O) groups is 1. The number of aliphatic hydroxyl groups is 2. The Morgan fingerprint density at radius 1 is 0.514 bits per heavy atom. The van der Waals surface area contributed by atoms with E-state index in [4.69, 9.17) is 0 Å². The van der Waals surface area contributed by atoms with Crippen molar-refractivity contribution in [3.05, 3.63) is 102 Å². The zero-order valence-corrected chi connectivity index (χ0v) is 18.9. The Kier molecular flexibility index (Phi) is 4.95. The number of allylic oxidation sites excluding steroid dienone is 1. The number of hydrogen-bond donors (Lipinski definition) is 5. The Morgan fingerprint density at radius 3 is 1.54 bits per heavy atom. The maximum absolute atomic E-state index is 13.2. The SMILES string of the molecule is Cc1c(C)c(O)c2c(c1O)C(=O)/C(=C\c1c(O)c3c(=O)c(C)c(C)c(=O)c=3c(=O)c1=O)C(O)=C2O. The third kappa shape index (κ3) is 2.86. The quantitative estimate of drug-likeness (QED) is 0.193. The fraction of sp³-hybridized carbons (Fsp3) is 0.160. The van der Waals surface area contributed by atoms with Gasteiger partial charge in [-0.15, -0.1) is 0 Å². The van der Waals surface area contributed by atoms with Gasteiger partial charge in [0.1, 0.15) is 17.2 Å². The number of ketones is 1. The molecule has 1 aromatic rings. The molecule has 0 amide bonds. The lowest BCUT2D eigenvalue weighted by atomic mass is 9.84. The van der Waals surface area contributed by atoms with E-state index in [2.05, 4.69) is 0 Å². The van der Waals surface area contributed by atoms with E-state index in [0.717, 1.165) is 0 Å². The number of fused-ring (bicyclic) bond motifs is 1. The highest BCUT2D eigenvalue weighted by atomic mass is 16.3. The van der Waals surface area contributed by atoms with Gasteiger partial charge in [0.2, 0.25) is 16.6 Å².